The van der Waals surface area contributed by atoms with Gasteiger partial charge in [-0.05, 0) is 85.7 Å². The number of rotatable bonds is 8. The Bertz CT molecular complexity index is 1090. The normalized spacial score (nSPS) is 11.8. The molecule has 0 saturated carbocycles. The van der Waals surface area contributed by atoms with Crippen LogP contribution in [0.2, 0.25) is 0 Å². The maximum absolute atomic E-state index is 12.6. The van der Waals surface area contributed by atoms with Gasteiger partial charge in [0.05, 0.1) is 11.8 Å². The highest BCUT2D eigenvalue weighted by Gasteiger charge is 2.20. The molecular formula is C23H26IN5O2S. The maximum Gasteiger partial charge on any atom is 0.251 e. The molecule has 3 rings (SSSR count). The van der Waals surface area contributed by atoms with Crippen molar-refractivity contribution in [3.05, 3.63) is 68.5 Å². The molecule has 9 heteroatoms. The molecule has 3 aromatic rings. The fourth-order valence-electron chi connectivity index (χ4n) is 3.37. The number of benzene rings is 2. The average Bonchev–Trinajstić information content (AvgIpc) is 3.18. The zero-order valence-corrected chi connectivity index (χ0v) is 21.5. The molecule has 0 fully saturated rings. The van der Waals surface area contributed by atoms with Crippen LogP contribution in [0, 0.1) is 17.4 Å². The topological polar surface area (TPSA) is 88.9 Å². The van der Waals surface area contributed by atoms with Gasteiger partial charge in [-0.25, -0.2) is 0 Å². The fourth-order valence-corrected chi connectivity index (χ4v) is 5.12. The van der Waals surface area contributed by atoms with Gasteiger partial charge in [-0.1, -0.05) is 30.0 Å². The Kier molecular flexibility index (Phi) is 8.30. The number of nitrogens with zero attached hydrogens (tertiary/aromatic N) is 3. The minimum Gasteiger partial charge on any atom is -0.342 e. The van der Waals surface area contributed by atoms with Crippen LogP contribution in [-0.2, 0) is 11.3 Å². The third-order valence-corrected chi connectivity index (χ3v) is 6.52. The summed E-state index contributed by atoms with van der Waals surface area (Å²) in [7, 11) is 0. The largest absolute Gasteiger partial charge is 0.342 e. The van der Waals surface area contributed by atoms with Crippen molar-refractivity contribution in [3.8, 4) is 0 Å². The summed E-state index contributed by atoms with van der Waals surface area (Å²) in [5.74, 6) is 0.609. The number of aromatic nitrogens is 3. The smallest absolute Gasteiger partial charge is 0.251 e. The molecule has 2 amide bonds. The van der Waals surface area contributed by atoms with E-state index in [9.17, 15) is 9.59 Å². The molecule has 0 aliphatic carbocycles. The van der Waals surface area contributed by atoms with Crippen LogP contribution in [0.15, 0.2) is 47.6 Å². The van der Waals surface area contributed by atoms with E-state index >= 15 is 0 Å². The summed E-state index contributed by atoms with van der Waals surface area (Å²) in [5, 5.41) is 15.2. The highest BCUT2D eigenvalue weighted by molar-refractivity contribution is 14.1. The summed E-state index contributed by atoms with van der Waals surface area (Å²) in [6, 6.07) is 12.8. The number of hydrogen-bond donors (Lipinski definition) is 2. The number of nitrogens with one attached hydrogen (secondary N) is 2. The van der Waals surface area contributed by atoms with E-state index in [-0.39, 0.29) is 23.6 Å². The quantitative estimate of drug-likeness (QED) is 0.306. The summed E-state index contributed by atoms with van der Waals surface area (Å²) in [4.78, 5) is 25.0. The number of amides is 2. The van der Waals surface area contributed by atoms with Gasteiger partial charge in [-0.2, -0.15) is 0 Å². The highest BCUT2D eigenvalue weighted by atomic mass is 127. The molecule has 0 aliphatic heterocycles. The van der Waals surface area contributed by atoms with Gasteiger partial charge >= 0.3 is 0 Å². The number of thioether (sulfide) groups is 1. The first-order valence-electron chi connectivity index (χ1n) is 10.3. The van der Waals surface area contributed by atoms with Crippen LogP contribution in [0.25, 0.3) is 0 Å². The highest BCUT2D eigenvalue weighted by Crippen LogP contribution is 2.25. The molecular weight excluding hydrogens is 537 g/mol. The lowest BCUT2D eigenvalue weighted by atomic mass is 10.1. The Morgan fingerprint density at radius 2 is 1.78 bits per heavy atom. The Hall–Kier alpha value is -2.40. The monoisotopic (exact) mass is 563 g/mol. The number of carbonyl (C=O) groups excluding carboxylic acids is 2. The first-order valence-corrected chi connectivity index (χ1v) is 12.3. The van der Waals surface area contributed by atoms with E-state index < -0.39 is 0 Å². The van der Waals surface area contributed by atoms with Crippen molar-refractivity contribution < 1.29 is 9.59 Å². The third kappa shape index (κ3) is 5.89. The van der Waals surface area contributed by atoms with Gasteiger partial charge < -0.3 is 15.2 Å². The predicted molar refractivity (Wildman–Crippen MR) is 136 cm³/mol. The molecule has 1 heterocycles. The lowest BCUT2D eigenvalue weighted by Gasteiger charge is -2.15. The van der Waals surface area contributed by atoms with E-state index in [1.165, 1.54) is 11.8 Å². The number of hydrogen-bond acceptors (Lipinski definition) is 5. The molecule has 0 bridgehead atoms. The Balaban J connectivity index is 1.64. The summed E-state index contributed by atoms with van der Waals surface area (Å²) >= 11 is 3.60. The molecule has 7 nitrogen and oxygen atoms in total. The molecule has 32 heavy (non-hydrogen) atoms. The van der Waals surface area contributed by atoms with E-state index in [2.05, 4.69) is 43.4 Å². The maximum atomic E-state index is 12.6. The van der Waals surface area contributed by atoms with Crippen molar-refractivity contribution in [3.63, 3.8) is 0 Å². The van der Waals surface area contributed by atoms with Crippen molar-refractivity contribution in [1.29, 1.82) is 0 Å². The van der Waals surface area contributed by atoms with E-state index in [0.717, 1.165) is 20.4 Å². The molecule has 0 spiro atoms. The molecule has 2 aromatic carbocycles. The van der Waals surface area contributed by atoms with E-state index in [0.29, 0.717) is 23.1 Å². The molecule has 168 valence electrons. The van der Waals surface area contributed by atoms with E-state index in [4.69, 9.17) is 0 Å². The minimum absolute atomic E-state index is 0.0972. The fraction of sp³-hybridized carbons (Fsp3) is 0.304. The van der Waals surface area contributed by atoms with Crippen LogP contribution in [0.5, 0.6) is 0 Å². The molecule has 2 N–H and O–H groups in total. The molecule has 0 saturated heterocycles. The Morgan fingerprint density at radius 1 is 1.12 bits per heavy atom. The van der Waals surface area contributed by atoms with Gasteiger partial charge in [0.1, 0.15) is 0 Å². The van der Waals surface area contributed by atoms with Gasteiger partial charge in [0, 0.05) is 21.4 Å². The summed E-state index contributed by atoms with van der Waals surface area (Å²) in [5.41, 5.74) is 3.52. The zero-order chi connectivity index (χ0) is 23.3. The second kappa shape index (κ2) is 11.0. The minimum atomic E-state index is -0.324. The van der Waals surface area contributed by atoms with E-state index in [1.54, 1.807) is 12.1 Å². The predicted octanol–water partition coefficient (Wildman–Crippen LogP) is 4.74. The van der Waals surface area contributed by atoms with Crippen molar-refractivity contribution in [1.82, 2.24) is 20.1 Å². The van der Waals surface area contributed by atoms with Crippen LogP contribution < -0.4 is 10.6 Å². The average molecular weight is 563 g/mol. The number of carbonyl (C=O) groups is 2. The molecule has 1 aromatic heterocycles. The standard InChI is InChI=1S/C23H26IN5O2S/c1-5-29-21(16(4)25-22(31)17-9-7-6-8-10-17)27-28-23(29)32-13-19(30)26-20-14(2)11-18(24)12-15(20)3/h6-12,16H,5,13H2,1-4H3,(H,25,31)(H,26,30)/t16-/m0/s1. The van der Waals surface area contributed by atoms with Crippen molar-refractivity contribution >= 4 is 51.9 Å². The van der Waals surface area contributed by atoms with Gasteiger partial charge in [0.2, 0.25) is 5.91 Å². The molecule has 0 aliphatic rings. The van der Waals surface area contributed by atoms with Crippen LogP contribution in [-0.4, -0.2) is 32.3 Å². The summed E-state index contributed by atoms with van der Waals surface area (Å²) < 4.78 is 3.07. The molecule has 0 unspecified atom stereocenters. The number of aryl methyl sites for hydroxylation is 2. The molecule has 1 atom stereocenters. The van der Waals surface area contributed by atoms with Gasteiger partial charge in [-0.15, -0.1) is 10.2 Å². The van der Waals surface area contributed by atoms with Crippen LogP contribution >= 0.6 is 34.4 Å². The van der Waals surface area contributed by atoms with Crippen molar-refractivity contribution in [2.75, 3.05) is 11.1 Å². The number of halogens is 1. The summed E-state index contributed by atoms with van der Waals surface area (Å²) in [6.07, 6.45) is 0. The van der Waals surface area contributed by atoms with Gasteiger partial charge in [0.25, 0.3) is 5.91 Å². The second-order valence-corrected chi connectivity index (χ2v) is 9.59. The van der Waals surface area contributed by atoms with Crippen molar-refractivity contribution in [2.45, 2.75) is 45.4 Å². The summed E-state index contributed by atoms with van der Waals surface area (Å²) in [6.45, 7) is 8.47. The van der Waals surface area contributed by atoms with Gasteiger partial charge in [0.15, 0.2) is 11.0 Å². The van der Waals surface area contributed by atoms with Crippen LogP contribution in [0.1, 0.15) is 47.2 Å². The van der Waals surface area contributed by atoms with E-state index in [1.807, 2.05) is 62.6 Å². The van der Waals surface area contributed by atoms with Crippen molar-refractivity contribution in [2.24, 2.45) is 0 Å². The molecule has 0 radical (unpaired) electrons. The SMILES string of the molecule is CCn1c(SCC(=O)Nc2c(C)cc(I)cc2C)nnc1[C@H](C)NC(=O)c1ccccc1. The van der Waals surface area contributed by atoms with Crippen LogP contribution in [0.3, 0.4) is 0 Å². The lowest BCUT2D eigenvalue weighted by molar-refractivity contribution is -0.113. The zero-order valence-electron chi connectivity index (χ0n) is 18.5. The van der Waals surface area contributed by atoms with Crippen LogP contribution in [0.4, 0.5) is 5.69 Å². The second-order valence-electron chi connectivity index (χ2n) is 7.40. The first-order chi connectivity index (χ1) is 15.3. The third-order valence-electron chi connectivity index (χ3n) is 4.93. The lowest BCUT2D eigenvalue weighted by Crippen LogP contribution is -2.28. The van der Waals surface area contributed by atoms with Gasteiger partial charge in [-0.3, -0.25) is 9.59 Å². The first kappa shape index (κ1) is 24.2. The Morgan fingerprint density at radius 3 is 2.41 bits per heavy atom. The number of anilines is 1. The Labute approximate surface area is 205 Å².